The second-order valence-electron chi connectivity index (χ2n) is 3.40. The Morgan fingerprint density at radius 2 is 2.29 bits per heavy atom. The first-order valence-electron chi connectivity index (χ1n) is 4.74. The molecular formula is C9H15NO3S. The smallest absolute Gasteiger partial charge is 0.407 e. The third-order valence-electron chi connectivity index (χ3n) is 2.38. The van der Waals surface area contributed by atoms with Crippen LogP contribution in [0.25, 0.3) is 0 Å². The molecule has 1 N–H and O–H groups in total. The molecule has 0 spiro atoms. The number of nitrogens with zero attached hydrogens (tertiary/aromatic N) is 1. The molecule has 5 heteroatoms. The molecule has 4 nitrogen and oxygen atoms in total. The molecule has 0 aromatic rings. The topological polar surface area (TPSA) is 57.6 Å². The van der Waals surface area contributed by atoms with E-state index in [4.69, 9.17) is 5.11 Å². The molecule has 1 aliphatic heterocycles. The molecule has 1 saturated heterocycles. The Labute approximate surface area is 87.7 Å². The van der Waals surface area contributed by atoms with E-state index in [0.717, 1.165) is 25.0 Å². The summed E-state index contributed by atoms with van der Waals surface area (Å²) in [5.41, 5.74) is 0. The van der Waals surface area contributed by atoms with Gasteiger partial charge in [0.1, 0.15) is 0 Å². The van der Waals surface area contributed by atoms with Gasteiger partial charge in [-0.15, -0.1) is 0 Å². The fraction of sp³-hybridized carbons (Fsp3) is 0.778. The Kier molecular flexibility index (Phi) is 4.25. The van der Waals surface area contributed by atoms with Crippen LogP contribution in [0.4, 0.5) is 4.79 Å². The van der Waals surface area contributed by atoms with Crippen molar-refractivity contribution in [3.63, 3.8) is 0 Å². The number of carbonyl (C=O) groups excluding carboxylic acids is 1. The van der Waals surface area contributed by atoms with Gasteiger partial charge in [0, 0.05) is 25.3 Å². The summed E-state index contributed by atoms with van der Waals surface area (Å²) in [5.74, 6) is 0.726. The van der Waals surface area contributed by atoms with E-state index in [2.05, 4.69) is 0 Å². The van der Waals surface area contributed by atoms with E-state index in [1.807, 2.05) is 0 Å². The Morgan fingerprint density at radius 3 is 2.86 bits per heavy atom. The highest BCUT2D eigenvalue weighted by atomic mass is 32.2. The van der Waals surface area contributed by atoms with Gasteiger partial charge in [0.05, 0.1) is 0 Å². The minimum absolute atomic E-state index is 0.102. The summed E-state index contributed by atoms with van der Waals surface area (Å²) in [4.78, 5) is 22.9. The first kappa shape index (κ1) is 11.4. The van der Waals surface area contributed by atoms with Crippen LogP contribution in [0.3, 0.4) is 0 Å². The average molecular weight is 217 g/mol. The minimum Gasteiger partial charge on any atom is -0.465 e. The van der Waals surface area contributed by atoms with Crippen molar-refractivity contribution < 1.29 is 14.7 Å². The number of thioether (sulfide) groups is 1. The van der Waals surface area contributed by atoms with Gasteiger partial charge in [0.2, 0.25) is 0 Å². The Hall–Kier alpha value is -0.710. The van der Waals surface area contributed by atoms with Gasteiger partial charge in [0.25, 0.3) is 0 Å². The lowest BCUT2D eigenvalue weighted by molar-refractivity contribution is -0.109. The van der Waals surface area contributed by atoms with Crippen molar-refractivity contribution in [2.24, 2.45) is 0 Å². The van der Waals surface area contributed by atoms with E-state index in [-0.39, 0.29) is 11.2 Å². The number of hydrogen-bond acceptors (Lipinski definition) is 3. The predicted molar refractivity (Wildman–Crippen MR) is 55.5 cm³/mol. The average Bonchev–Trinajstić information content (AvgIpc) is 2.51. The molecule has 0 aliphatic carbocycles. The third kappa shape index (κ3) is 3.21. The van der Waals surface area contributed by atoms with E-state index in [1.165, 1.54) is 23.6 Å². The summed E-state index contributed by atoms with van der Waals surface area (Å²) in [6.45, 7) is 2.18. The lowest BCUT2D eigenvalue weighted by Gasteiger charge is -2.20. The maximum Gasteiger partial charge on any atom is 0.407 e. The minimum atomic E-state index is -0.833. The molecule has 1 aliphatic rings. The Balaban J connectivity index is 2.29. The van der Waals surface area contributed by atoms with Crippen molar-refractivity contribution in [1.29, 1.82) is 0 Å². The first-order chi connectivity index (χ1) is 6.61. The summed E-state index contributed by atoms with van der Waals surface area (Å²) < 4.78 is 0. The molecule has 0 radical (unpaired) electrons. The molecule has 80 valence electrons. The van der Waals surface area contributed by atoms with Crippen LogP contribution >= 0.6 is 11.8 Å². The first-order valence-corrected chi connectivity index (χ1v) is 5.72. The zero-order valence-corrected chi connectivity index (χ0v) is 9.05. The molecule has 1 rings (SSSR count). The standard InChI is InChI=1S/C9H15NO3S/c1-7(11)14-6-4-8-3-2-5-10(8)9(12)13/h8H,2-6H2,1H3,(H,12,13). The summed E-state index contributed by atoms with van der Waals surface area (Å²) in [7, 11) is 0. The van der Waals surface area contributed by atoms with E-state index < -0.39 is 6.09 Å². The molecule has 1 atom stereocenters. The maximum atomic E-state index is 10.8. The molecule has 1 heterocycles. The van der Waals surface area contributed by atoms with Gasteiger partial charge < -0.3 is 10.0 Å². The van der Waals surface area contributed by atoms with Gasteiger partial charge in [-0.25, -0.2) is 4.79 Å². The van der Waals surface area contributed by atoms with Gasteiger partial charge in [-0.2, -0.15) is 0 Å². The molecule has 0 aromatic heterocycles. The highest BCUT2D eigenvalue weighted by Crippen LogP contribution is 2.21. The van der Waals surface area contributed by atoms with Gasteiger partial charge in [-0.3, -0.25) is 4.79 Å². The monoisotopic (exact) mass is 217 g/mol. The molecule has 0 bridgehead atoms. The number of likely N-dealkylation sites (tertiary alicyclic amines) is 1. The van der Waals surface area contributed by atoms with Crippen LogP contribution in [-0.2, 0) is 4.79 Å². The molecular weight excluding hydrogens is 202 g/mol. The Bertz CT molecular complexity index is 232. The van der Waals surface area contributed by atoms with E-state index >= 15 is 0 Å². The van der Waals surface area contributed by atoms with Gasteiger partial charge in [-0.05, 0) is 19.3 Å². The number of amides is 1. The lowest BCUT2D eigenvalue weighted by atomic mass is 10.2. The van der Waals surface area contributed by atoms with Crippen LogP contribution in [0.1, 0.15) is 26.2 Å². The van der Waals surface area contributed by atoms with Crippen molar-refractivity contribution in [2.75, 3.05) is 12.3 Å². The van der Waals surface area contributed by atoms with Crippen molar-refractivity contribution in [3.8, 4) is 0 Å². The third-order valence-corrected chi connectivity index (χ3v) is 3.23. The van der Waals surface area contributed by atoms with Crippen molar-refractivity contribution in [3.05, 3.63) is 0 Å². The highest BCUT2D eigenvalue weighted by Gasteiger charge is 2.27. The summed E-state index contributed by atoms with van der Waals surface area (Å²) in [5, 5.41) is 8.95. The second kappa shape index (κ2) is 5.24. The normalized spacial score (nSPS) is 21.2. The molecule has 0 aromatic carbocycles. The molecule has 1 amide bonds. The Morgan fingerprint density at radius 1 is 1.57 bits per heavy atom. The van der Waals surface area contributed by atoms with Crippen LogP contribution in [0, 0.1) is 0 Å². The predicted octanol–water partition coefficient (Wildman–Crippen LogP) is 1.80. The van der Waals surface area contributed by atoms with Crippen LogP contribution in [0.15, 0.2) is 0 Å². The van der Waals surface area contributed by atoms with Crippen LogP contribution in [0.2, 0.25) is 0 Å². The van der Waals surface area contributed by atoms with Crippen LogP contribution in [0.5, 0.6) is 0 Å². The fourth-order valence-electron chi connectivity index (χ4n) is 1.73. The lowest BCUT2D eigenvalue weighted by Crippen LogP contribution is -2.34. The zero-order chi connectivity index (χ0) is 10.6. The second-order valence-corrected chi connectivity index (χ2v) is 4.67. The quantitative estimate of drug-likeness (QED) is 0.783. The molecule has 0 saturated carbocycles. The molecule has 1 unspecified atom stereocenters. The largest absolute Gasteiger partial charge is 0.465 e. The van der Waals surface area contributed by atoms with Gasteiger partial charge in [-0.1, -0.05) is 11.8 Å². The van der Waals surface area contributed by atoms with Crippen LogP contribution < -0.4 is 0 Å². The van der Waals surface area contributed by atoms with Crippen molar-refractivity contribution in [1.82, 2.24) is 4.90 Å². The summed E-state index contributed by atoms with van der Waals surface area (Å²) >= 11 is 1.27. The van der Waals surface area contributed by atoms with Gasteiger partial charge in [0.15, 0.2) is 5.12 Å². The SMILES string of the molecule is CC(=O)SCCC1CCCN1C(=O)O. The number of carbonyl (C=O) groups is 2. The molecule has 1 fully saturated rings. The highest BCUT2D eigenvalue weighted by molar-refractivity contribution is 8.13. The number of carboxylic acid groups (broad SMARTS) is 1. The van der Waals surface area contributed by atoms with Crippen molar-refractivity contribution in [2.45, 2.75) is 32.2 Å². The number of rotatable bonds is 3. The van der Waals surface area contributed by atoms with E-state index in [0.29, 0.717) is 6.54 Å². The fourth-order valence-corrected chi connectivity index (χ4v) is 2.40. The van der Waals surface area contributed by atoms with Gasteiger partial charge >= 0.3 is 6.09 Å². The molecule has 14 heavy (non-hydrogen) atoms. The zero-order valence-electron chi connectivity index (χ0n) is 8.23. The van der Waals surface area contributed by atoms with Crippen molar-refractivity contribution >= 4 is 23.0 Å². The summed E-state index contributed by atoms with van der Waals surface area (Å²) in [6.07, 6.45) is 1.84. The van der Waals surface area contributed by atoms with E-state index in [1.54, 1.807) is 0 Å². The van der Waals surface area contributed by atoms with E-state index in [9.17, 15) is 9.59 Å². The van der Waals surface area contributed by atoms with Crippen LogP contribution in [-0.4, -0.2) is 39.6 Å². The summed E-state index contributed by atoms with van der Waals surface area (Å²) in [6, 6.07) is 0.124. The number of hydrogen-bond donors (Lipinski definition) is 1. The maximum absolute atomic E-state index is 10.8.